The van der Waals surface area contributed by atoms with Crippen molar-refractivity contribution in [3.05, 3.63) is 176 Å². The first-order chi connectivity index (χ1) is 25.8. The largest absolute Gasteiger partial charge is 0.292 e. The summed E-state index contributed by atoms with van der Waals surface area (Å²) in [5.41, 5.74) is 9.08. The lowest BCUT2D eigenvalue weighted by Gasteiger charge is -2.12. The van der Waals surface area contributed by atoms with Gasteiger partial charge in [0, 0.05) is 26.4 Å². The highest BCUT2D eigenvalue weighted by Crippen LogP contribution is 2.46. The smallest absolute Gasteiger partial charge is 0.162 e. The van der Waals surface area contributed by atoms with Crippen molar-refractivity contribution in [2.45, 2.75) is 0 Å². The third-order valence-corrected chi connectivity index (χ3v) is 11.5. The van der Waals surface area contributed by atoms with Gasteiger partial charge in [0.15, 0.2) is 11.6 Å². The van der Waals surface area contributed by atoms with Crippen molar-refractivity contribution < 1.29 is 0 Å². The Morgan fingerprint density at radius 2 is 1.06 bits per heavy atom. The molecule has 4 heteroatoms. The molecule has 3 nitrogen and oxygen atoms in total. The lowest BCUT2D eigenvalue weighted by molar-refractivity contribution is 1.08. The van der Waals surface area contributed by atoms with Crippen LogP contribution in [0.4, 0.5) is 0 Å². The Morgan fingerprint density at radius 1 is 0.423 bits per heavy atom. The van der Waals surface area contributed by atoms with E-state index in [2.05, 4.69) is 174 Å². The van der Waals surface area contributed by atoms with Gasteiger partial charge in [-0.2, -0.15) is 0 Å². The normalized spacial score (nSPS) is 11.8. The quantitative estimate of drug-likeness (QED) is 0.185. The zero-order valence-corrected chi connectivity index (χ0v) is 28.8. The first kappa shape index (κ1) is 29.1. The van der Waals surface area contributed by atoms with Crippen LogP contribution in [-0.4, -0.2) is 14.5 Å². The molecule has 0 amide bonds. The molecule has 0 radical (unpaired) electrons. The van der Waals surface area contributed by atoms with E-state index in [-0.39, 0.29) is 0 Å². The first-order valence-electron chi connectivity index (χ1n) is 17.6. The highest BCUT2D eigenvalue weighted by Gasteiger charge is 2.23. The summed E-state index contributed by atoms with van der Waals surface area (Å²) in [7, 11) is 0. The van der Waals surface area contributed by atoms with E-state index in [0.29, 0.717) is 0 Å². The fraction of sp³-hybridized carbons (Fsp3) is 0. The molecule has 0 fully saturated rings. The summed E-state index contributed by atoms with van der Waals surface area (Å²) in [6, 6.07) is 63.1. The van der Waals surface area contributed by atoms with E-state index in [1.54, 1.807) is 11.3 Å². The average Bonchev–Trinajstić information content (AvgIpc) is 3.75. The van der Waals surface area contributed by atoms with Gasteiger partial charge in [-0.15, -0.1) is 11.3 Å². The topological polar surface area (TPSA) is 30.7 Å². The molecule has 3 heterocycles. The van der Waals surface area contributed by atoms with Crippen LogP contribution < -0.4 is 0 Å². The summed E-state index contributed by atoms with van der Waals surface area (Å²) in [6.07, 6.45) is 0. The lowest BCUT2D eigenvalue weighted by atomic mass is 9.93. The summed E-state index contributed by atoms with van der Waals surface area (Å²) in [5.74, 6) is 1.63. The minimum Gasteiger partial charge on any atom is -0.292 e. The van der Waals surface area contributed by atoms with Crippen LogP contribution in [0.25, 0.3) is 103 Å². The maximum Gasteiger partial charge on any atom is 0.162 e. The molecule has 11 aromatic rings. The van der Waals surface area contributed by atoms with Gasteiger partial charge in [0.25, 0.3) is 0 Å². The van der Waals surface area contributed by atoms with Gasteiger partial charge in [-0.3, -0.25) is 4.57 Å². The summed E-state index contributed by atoms with van der Waals surface area (Å²) in [4.78, 5) is 10.9. The van der Waals surface area contributed by atoms with Crippen molar-refractivity contribution in [1.29, 1.82) is 0 Å². The molecule has 8 aromatic carbocycles. The number of fused-ring (bicyclic) bond motifs is 9. The zero-order valence-electron chi connectivity index (χ0n) is 28.0. The predicted octanol–water partition coefficient (Wildman–Crippen LogP) is 13.2. The van der Waals surface area contributed by atoms with Crippen molar-refractivity contribution in [2.75, 3.05) is 0 Å². The molecular formula is C48H29N3S. The molecule has 0 saturated carbocycles. The highest BCUT2D eigenvalue weighted by molar-refractivity contribution is 7.26. The van der Waals surface area contributed by atoms with Gasteiger partial charge in [0.1, 0.15) is 0 Å². The monoisotopic (exact) mass is 679 g/mol. The molecule has 0 atom stereocenters. The van der Waals surface area contributed by atoms with E-state index in [1.165, 1.54) is 64.7 Å². The molecule has 3 aromatic heterocycles. The van der Waals surface area contributed by atoms with Crippen LogP contribution in [0, 0.1) is 0 Å². The second kappa shape index (κ2) is 11.5. The summed E-state index contributed by atoms with van der Waals surface area (Å²) < 4.78 is 4.64. The Hall–Kier alpha value is -6.62. The molecule has 0 saturated heterocycles. The number of thiophene rings is 1. The second-order valence-electron chi connectivity index (χ2n) is 13.4. The fourth-order valence-electron chi connectivity index (χ4n) is 7.97. The minimum absolute atomic E-state index is 0.721. The van der Waals surface area contributed by atoms with Crippen LogP contribution in [0.5, 0.6) is 0 Å². The third kappa shape index (κ3) is 4.45. The average molecular weight is 680 g/mol. The van der Waals surface area contributed by atoms with E-state index < -0.39 is 0 Å². The molecule has 242 valence electrons. The van der Waals surface area contributed by atoms with E-state index in [9.17, 15) is 0 Å². The van der Waals surface area contributed by atoms with Crippen LogP contribution in [0.15, 0.2) is 176 Å². The van der Waals surface area contributed by atoms with Crippen LogP contribution in [0.3, 0.4) is 0 Å². The van der Waals surface area contributed by atoms with Crippen molar-refractivity contribution in [1.82, 2.24) is 14.5 Å². The molecule has 0 aliphatic rings. The number of para-hydroxylation sites is 1. The molecule has 0 spiro atoms. The van der Waals surface area contributed by atoms with E-state index in [4.69, 9.17) is 9.97 Å². The van der Waals surface area contributed by atoms with E-state index in [1.807, 2.05) is 6.07 Å². The molecular weight excluding hydrogens is 651 g/mol. The van der Waals surface area contributed by atoms with Crippen molar-refractivity contribution in [2.24, 2.45) is 0 Å². The number of nitrogens with zero attached hydrogens (tertiary/aromatic N) is 3. The number of benzene rings is 8. The Morgan fingerprint density at radius 3 is 1.87 bits per heavy atom. The molecule has 0 N–H and O–H groups in total. The predicted molar refractivity (Wildman–Crippen MR) is 221 cm³/mol. The zero-order chi connectivity index (χ0) is 34.2. The van der Waals surface area contributed by atoms with Crippen LogP contribution >= 0.6 is 11.3 Å². The minimum atomic E-state index is 0.721. The van der Waals surface area contributed by atoms with E-state index >= 15 is 0 Å². The third-order valence-electron chi connectivity index (χ3n) is 10.4. The fourth-order valence-corrected chi connectivity index (χ4v) is 9.15. The Balaban J connectivity index is 1.26. The molecule has 0 aliphatic carbocycles. The summed E-state index contributed by atoms with van der Waals surface area (Å²) >= 11 is 1.79. The maximum absolute atomic E-state index is 5.46. The Bertz CT molecular complexity index is 3180. The van der Waals surface area contributed by atoms with E-state index in [0.717, 1.165) is 38.5 Å². The number of rotatable bonds is 4. The molecule has 52 heavy (non-hydrogen) atoms. The van der Waals surface area contributed by atoms with Crippen molar-refractivity contribution in [3.8, 4) is 39.5 Å². The molecule has 0 bridgehead atoms. The number of hydrogen-bond donors (Lipinski definition) is 0. The number of hydrogen-bond acceptors (Lipinski definition) is 3. The van der Waals surface area contributed by atoms with Gasteiger partial charge in [-0.1, -0.05) is 146 Å². The molecule has 11 rings (SSSR count). The van der Waals surface area contributed by atoms with Gasteiger partial charge >= 0.3 is 0 Å². The van der Waals surface area contributed by atoms with Crippen molar-refractivity contribution >= 4 is 75.0 Å². The van der Waals surface area contributed by atoms with Crippen LogP contribution in [-0.2, 0) is 0 Å². The number of aromatic nitrogens is 3. The van der Waals surface area contributed by atoms with Crippen LogP contribution in [0.1, 0.15) is 0 Å². The standard InChI is InChI=1S/C48H29N3S/c1-3-14-30(15-4-1)32-20-13-21-35(26-32)39-29-43-44(38-24-10-9-22-36(38)39)45-46(52-43)48(50-47(49-45)31-16-5-2-6-17-31)51-41-25-12-11-23-37(41)40-27-33-18-7-8-19-34(33)28-42(40)51/h1-29H. The SMILES string of the molecule is c1ccc(-c2cccc(-c3cc4sc5c(-n6c7ccccc7c7cc8ccccc8cc76)nc(-c6ccccc6)nc5c4c4ccccc34)c2)cc1. The Kier molecular flexibility index (Phi) is 6.42. The second-order valence-corrected chi connectivity index (χ2v) is 14.4. The molecule has 0 aliphatic heterocycles. The van der Waals surface area contributed by atoms with Gasteiger partial charge < -0.3 is 0 Å². The van der Waals surface area contributed by atoms with Gasteiger partial charge in [-0.25, -0.2) is 9.97 Å². The summed E-state index contributed by atoms with van der Waals surface area (Å²) in [6.45, 7) is 0. The van der Waals surface area contributed by atoms with Gasteiger partial charge in [-0.05, 0) is 74.1 Å². The van der Waals surface area contributed by atoms with Crippen molar-refractivity contribution in [3.63, 3.8) is 0 Å². The Labute approximate surface area is 303 Å². The van der Waals surface area contributed by atoms with Gasteiger partial charge in [0.05, 0.1) is 21.3 Å². The first-order valence-corrected chi connectivity index (χ1v) is 18.4. The van der Waals surface area contributed by atoms with Gasteiger partial charge in [0.2, 0.25) is 0 Å². The summed E-state index contributed by atoms with van der Waals surface area (Å²) in [5, 5.41) is 8.45. The molecule has 0 unspecified atom stereocenters. The van der Waals surface area contributed by atoms with Crippen LogP contribution in [0.2, 0.25) is 0 Å². The maximum atomic E-state index is 5.46. The lowest BCUT2D eigenvalue weighted by Crippen LogP contribution is -2.01. The highest BCUT2D eigenvalue weighted by atomic mass is 32.1.